The van der Waals surface area contributed by atoms with Gasteiger partial charge >= 0.3 is 0 Å². The highest BCUT2D eigenvalue weighted by Crippen LogP contribution is 2.22. The summed E-state index contributed by atoms with van der Waals surface area (Å²) < 4.78 is 13.0. The van der Waals surface area contributed by atoms with E-state index in [1.165, 1.54) is 4.90 Å². The molecule has 134 valence electrons. The summed E-state index contributed by atoms with van der Waals surface area (Å²) in [5.74, 6) is -0.0444. The molecule has 0 unspecified atom stereocenters. The summed E-state index contributed by atoms with van der Waals surface area (Å²) in [6.45, 7) is 4.91. The van der Waals surface area contributed by atoms with Crippen LogP contribution in [0.2, 0.25) is 0 Å². The Kier molecular flexibility index (Phi) is 5.80. The van der Waals surface area contributed by atoms with Crippen LogP contribution < -0.4 is 0 Å². The molecule has 1 amide bonds. The molecule has 0 aliphatic carbocycles. The third-order valence-corrected chi connectivity index (χ3v) is 4.76. The molecule has 0 bridgehead atoms. The minimum absolute atomic E-state index is 0.0444. The van der Waals surface area contributed by atoms with Crippen molar-refractivity contribution < 1.29 is 14.3 Å². The number of likely N-dealkylation sites (N-methyl/N-ethyl adjacent to an activating group) is 1. The summed E-state index contributed by atoms with van der Waals surface area (Å²) >= 11 is 0. The van der Waals surface area contributed by atoms with Crippen LogP contribution in [0.1, 0.15) is 30.7 Å². The van der Waals surface area contributed by atoms with E-state index < -0.39 is 0 Å². The molecule has 1 fully saturated rings. The zero-order valence-corrected chi connectivity index (χ0v) is 14.6. The van der Waals surface area contributed by atoms with Crippen LogP contribution in [0.3, 0.4) is 0 Å². The Hall–Kier alpha value is -1.51. The van der Waals surface area contributed by atoms with E-state index in [1.54, 1.807) is 14.1 Å². The van der Waals surface area contributed by atoms with Gasteiger partial charge in [0.1, 0.15) is 12.3 Å². The molecular formula is C16H27N5O3. The molecule has 0 saturated carbocycles. The molecule has 1 aromatic rings. The highest BCUT2D eigenvalue weighted by molar-refractivity contribution is 5.76. The topological polar surface area (TPSA) is 72.7 Å². The molecular weight excluding hydrogens is 310 g/mol. The second-order valence-electron chi connectivity index (χ2n) is 6.65. The highest BCUT2D eigenvalue weighted by Gasteiger charge is 2.26. The average molecular weight is 337 g/mol. The highest BCUT2D eigenvalue weighted by atomic mass is 16.5. The van der Waals surface area contributed by atoms with Gasteiger partial charge in [-0.3, -0.25) is 9.69 Å². The van der Waals surface area contributed by atoms with Crippen molar-refractivity contribution in [2.75, 3.05) is 40.5 Å². The number of nitrogens with zero attached hydrogens (tertiary/aromatic N) is 5. The van der Waals surface area contributed by atoms with Crippen molar-refractivity contribution in [3.8, 4) is 0 Å². The monoisotopic (exact) mass is 337 g/mol. The molecule has 8 nitrogen and oxygen atoms in total. The fraction of sp³-hybridized carbons (Fsp3) is 0.812. The summed E-state index contributed by atoms with van der Waals surface area (Å²) in [4.78, 5) is 15.7. The molecule has 0 spiro atoms. The van der Waals surface area contributed by atoms with Crippen LogP contribution in [0.4, 0.5) is 0 Å². The molecule has 2 aliphatic rings. The first-order valence-corrected chi connectivity index (χ1v) is 8.66. The van der Waals surface area contributed by atoms with Crippen molar-refractivity contribution in [1.29, 1.82) is 0 Å². The largest absolute Gasteiger partial charge is 0.381 e. The van der Waals surface area contributed by atoms with Gasteiger partial charge in [0.25, 0.3) is 0 Å². The normalized spacial score (nSPS) is 19.8. The zero-order valence-electron chi connectivity index (χ0n) is 14.6. The van der Waals surface area contributed by atoms with Crippen molar-refractivity contribution in [3.05, 3.63) is 11.4 Å². The van der Waals surface area contributed by atoms with Gasteiger partial charge in [-0.15, -0.1) is 5.10 Å². The number of fused-ring (bicyclic) bond motifs is 1. The Morgan fingerprint density at radius 3 is 2.88 bits per heavy atom. The quantitative estimate of drug-likeness (QED) is 0.768. The molecule has 8 heteroatoms. The summed E-state index contributed by atoms with van der Waals surface area (Å²) in [7, 11) is 3.45. The van der Waals surface area contributed by atoms with E-state index in [4.69, 9.17) is 9.47 Å². The molecule has 3 rings (SSSR count). The number of hydrogen-bond acceptors (Lipinski definition) is 6. The Balaban J connectivity index is 1.62. The Bertz CT molecular complexity index is 554. The van der Waals surface area contributed by atoms with E-state index in [9.17, 15) is 4.79 Å². The van der Waals surface area contributed by atoms with E-state index in [-0.39, 0.29) is 12.5 Å². The van der Waals surface area contributed by atoms with E-state index in [0.717, 1.165) is 63.5 Å². The second kappa shape index (κ2) is 8.04. The molecule has 2 aliphatic heterocycles. The van der Waals surface area contributed by atoms with Crippen LogP contribution in [-0.2, 0) is 34.0 Å². The van der Waals surface area contributed by atoms with Crippen LogP contribution >= 0.6 is 0 Å². The molecule has 0 N–H and O–H groups in total. The molecule has 0 radical (unpaired) electrons. The number of ether oxygens (including phenoxy) is 2. The Morgan fingerprint density at radius 2 is 2.12 bits per heavy atom. The van der Waals surface area contributed by atoms with Gasteiger partial charge in [-0.1, -0.05) is 5.21 Å². The fourth-order valence-corrected chi connectivity index (χ4v) is 3.25. The van der Waals surface area contributed by atoms with E-state index in [2.05, 4.69) is 15.2 Å². The third kappa shape index (κ3) is 4.12. The van der Waals surface area contributed by atoms with Crippen molar-refractivity contribution in [2.24, 2.45) is 0 Å². The molecule has 1 aromatic heterocycles. The lowest BCUT2D eigenvalue weighted by molar-refractivity contribution is -0.134. The third-order valence-electron chi connectivity index (χ3n) is 4.76. The first kappa shape index (κ1) is 17.3. The van der Waals surface area contributed by atoms with E-state index in [1.807, 2.05) is 4.68 Å². The minimum Gasteiger partial charge on any atom is -0.381 e. The van der Waals surface area contributed by atoms with Crippen LogP contribution in [0.15, 0.2) is 0 Å². The number of rotatable bonds is 5. The van der Waals surface area contributed by atoms with Crippen molar-refractivity contribution >= 4 is 5.91 Å². The van der Waals surface area contributed by atoms with Crippen LogP contribution in [-0.4, -0.2) is 77.2 Å². The summed E-state index contributed by atoms with van der Waals surface area (Å²) in [5.41, 5.74) is 1.97. The van der Waals surface area contributed by atoms with Gasteiger partial charge in [0.05, 0.1) is 12.3 Å². The number of aryl methyl sites for hydroxylation is 1. The lowest BCUT2D eigenvalue weighted by atomic mass is 10.1. The zero-order chi connectivity index (χ0) is 16.9. The van der Waals surface area contributed by atoms with Crippen molar-refractivity contribution in [3.63, 3.8) is 0 Å². The standard InChI is InChI=1S/C16H27N5O3/c1-19(2)16(22)12-24-11-14-15-10-20(13-4-8-23-9-5-13)6-3-7-21(15)18-17-14/h13H,3-12H2,1-2H3. The minimum atomic E-state index is -0.0444. The van der Waals surface area contributed by atoms with Crippen LogP contribution in [0, 0.1) is 0 Å². The number of aromatic nitrogens is 3. The first-order chi connectivity index (χ1) is 11.6. The number of amides is 1. The average Bonchev–Trinajstić information content (AvgIpc) is 2.84. The van der Waals surface area contributed by atoms with Gasteiger partial charge in [0, 0.05) is 53.0 Å². The molecule has 1 saturated heterocycles. The maximum atomic E-state index is 11.6. The van der Waals surface area contributed by atoms with Gasteiger partial charge in [-0.25, -0.2) is 4.68 Å². The van der Waals surface area contributed by atoms with Gasteiger partial charge in [-0.2, -0.15) is 0 Å². The lowest BCUT2D eigenvalue weighted by Gasteiger charge is -2.33. The Morgan fingerprint density at radius 1 is 1.33 bits per heavy atom. The molecule has 24 heavy (non-hydrogen) atoms. The summed E-state index contributed by atoms with van der Waals surface area (Å²) in [5, 5.41) is 8.54. The number of carbonyl (C=O) groups is 1. The van der Waals surface area contributed by atoms with Gasteiger partial charge < -0.3 is 14.4 Å². The van der Waals surface area contributed by atoms with Crippen LogP contribution in [0.5, 0.6) is 0 Å². The summed E-state index contributed by atoms with van der Waals surface area (Å²) in [6, 6.07) is 0.573. The van der Waals surface area contributed by atoms with Gasteiger partial charge in [0.2, 0.25) is 5.91 Å². The smallest absolute Gasteiger partial charge is 0.248 e. The first-order valence-electron chi connectivity index (χ1n) is 8.66. The second-order valence-corrected chi connectivity index (χ2v) is 6.65. The van der Waals surface area contributed by atoms with Gasteiger partial charge in [-0.05, 0) is 19.3 Å². The molecule has 0 aromatic carbocycles. The van der Waals surface area contributed by atoms with Crippen molar-refractivity contribution in [2.45, 2.75) is 45.0 Å². The van der Waals surface area contributed by atoms with E-state index >= 15 is 0 Å². The fourth-order valence-electron chi connectivity index (χ4n) is 3.25. The SMILES string of the molecule is CN(C)C(=O)COCc1nnn2c1CN(C1CCOCC1)CCC2. The Labute approximate surface area is 142 Å². The molecule has 0 atom stereocenters. The van der Waals surface area contributed by atoms with Gasteiger partial charge in [0.15, 0.2) is 0 Å². The lowest BCUT2D eigenvalue weighted by Crippen LogP contribution is -2.39. The summed E-state index contributed by atoms with van der Waals surface area (Å²) in [6.07, 6.45) is 3.25. The number of carbonyl (C=O) groups excluding carboxylic acids is 1. The predicted molar refractivity (Wildman–Crippen MR) is 87.2 cm³/mol. The van der Waals surface area contributed by atoms with E-state index in [0.29, 0.717) is 12.6 Å². The predicted octanol–water partition coefficient (Wildman–Crippen LogP) is 0.268. The maximum absolute atomic E-state index is 11.6. The molecule has 3 heterocycles. The van der Waals surface area contributed by atoms with Crippen LogP contribution in [0.25, 0.3) is 0 Å². The maximum Gasteiger partial charge on any atom is 0.248 e. The number of hydrogen-bond donors (Lipinski definition) is 0. The van der Waals surface area contributed by atoms with Crippen molar-refractivity contribution in [1.82, 2.24) is 24.8 Å².